The fraction of sp³-hybridized carbons (Fsp3) is 0.480. The van der Waals surface area contributed by atoms with Gasteiger partial charge in [0.05, 0.1) is 12.5 Å². The third-order valence-corrected chi connectivity index (χ3v) is 6.52. The van der Waals surface area contributed by atoms with E-state index in [9.17, 15) is 18.0 Å². The molecule has 9 heteroatoms. The monoisotopic (exact) mass is 474 g/mol. The molecule has 0 unspecified atom stereocenters. The smallest absolute Gasteiger partial charge is 0.391 e. The zero-order chi connectivity index (χ0) is 24.0. The number of nitrogens with zero attached hydrogens (tertiary/aromatic N) is 3. The maximum Gasteiger partial charge on any atom is 0.391 e. The molecule has 2 aliphatic rings. The van der Waals surface area contributed by atoms with Crippen LogP contribution >= 0.6 is 0 Å². The van der Waals surface area contributed by atoms with E-state index in [1.54, 1.807) is 23.2 Å². The van der Waals surface area contributed by atoms with Crippen molar-refractivity contribution in [2.45, 2.75) is 44.7 Å². The predicted molar refractivity (Wildman–Crippen MR) is 123 cm³/mol. The largest absolute Gasteiger partial charge is 0.493 e. The van der Waals surface area contributed by atoms with E-state index in [2.05, 4.69) is 21.6 Å². The molecule has 34 heavy (non-hydrogen) atoms. The van der Waals surface area contributed by atoms with Gasteiger partial charge in [0.1, 0.15) is 5.75 Å². The summed E-state index contributed by atoms with van der Waals surface area (Å²) in [6.45, 7) is 1.68. The number of amides is 2. The number of piperidine rings is 1. The number of carbonyl (C=O) groups excluding carboxylic acids is 1. The van der Waals surface area contributed by atoms with Crippen LogP contribution in [0, 0.1) is 11.8 Å². The van der Waals surface area contributed by atoms with Crippen molar-refractivity contribution >= 4 is 17.9 Å². The Morgan fingerprint density at radius 1 is 1.12 bits per heavy atom. The second-order valence-electron chi connectivity index (χ2n) is 8.97. The fourth-order valence-electron chi connectivity index (χ4n) is 4.50. The fourth-order valence-corrected chi connectivity index (χ4v) is 4.50. The number of hydrogen-bond donors (Lipinski definition) is 1. The molecule has 2 fully saturated rings. The van der Waals surface area contributed by atoms with Crippen molar-refractivity contribution in [1.82, 2.24) is 15.1 Å². The molecule has 4 rings (SSSR count). The summed E-state index contributed by atoms with van der Waals surface area (Å²) in [6, 6.07) is 11.0. The summed E-state index contributed by atoms with van der Waals surface area (Å²) in [7, 11) is 0. The second-order valence-corrected chi connectivity index (χ2v) is 8.97. The number of benzene rings is 1. The molecule has 1 saturated heterocycles. The van der Waals surface area contributed by atoms with Crippen LogP contribution in [-0.4, -0.2) is 47.0 Å². The molecule has 2 amide bonds. The Hall–Kier alpha value is -3.10. The number of carbonyl (C=O) groups is 1. The van der Waals surface area contributed by atoms with Crippen LogP contribution in [-0.2, 0) is 0 Å². The lowest BCUT2D eigenvalue weighted by atomic mass is 9.82. The minimum Gasteiger partial charge on any atom is -0.493 e. The number of alkyl halides is 3. The first-order valence-corrected chi connectivity index (χ1v) is 11.7. The molecule has 182 valence electrons. The van der Waals surface area contributed by atoms with Crippen LogP contribution in [0.2, 0.25) is 0 Å². The summed E-state index contributed by atoms with van der Waals surface area (Å²) < 4.78 is 44.4. The molecule has 1 aliphatic heterocycles. The Morgan fingerprint density at radius 2 is 1.88 bits per heavy atom. The molecular weight excluding hydrogens is 445 g/mol. The molecule has 1 saturated carbocycles. The van der Waals surface area contributed by atoms with Crippen molar-refractivity contribution in [2.24, 2.45) is 11.8 Å². The average Bonchev–Trinajstić information content (AvgIpc) is 2.84. The molecule has 1 aliphatic carbocycles. The topological polar surface area (TPSA) is 67.4 Å². The minimum atomic E-state index is -4.08. The average molecular weight is 475 g/mol. The van der Waals surface area contributed by atoms with Crippen molar-refractivity contribution < 1.29 is 22.7 Å². The van der Waals surface area contributed by atoms with E-state index in [-0.39, 0.29) is 24.8 Å². The van der Waals surface area contributed by atoms with Crippen LogP contribution in [0.3, 0.4) is 0 Å². The standard InChI is InChI=1S/C25H29F3N4O2/c26-25(27,28)21-8-6-19(7-9-21)17-34-22-4-1-3-20(16-22)15-18-10-13-32(14-11-18)24(33)30-23-5-2-12-29-31-23/h1-5,12,15-16,19,21H,6-11,13-14,17H2,(H,30,31,33). The van der Waals surface area contributed by atoms with Gasteiger partial charge in [-0.3, -0.25) is 5.32 Å². The van der Waals surface area contributed by atoms with Crippen LogP contribution in [0.4, 0.5) is 23.8 Å². The highest BCUT2D eigenvalue weighted by Gasteiger charge is 2.41. The summed E-state index contributed by atoms with van der Waals surface area (Å²) in [5.74, 6) is 0.160. The van der Waals surface area contributed by atoms with Crippen molar-refractivity contribution in [3.63, 3.8) is 0 Å². The van der Waals surface area contributed by atoms with Crippen molar-refractivity contribution in [1.29, 1.82) is 0 Å². The van der Waals surface area contributed by atoms with Crippen LogP contribution in [0.25, 0.3) is 6.08 Å². The van der Waals surface area contributed by atoms with Gasteiger partial charge >= 0.3 is 12.2 Å². The lowest BCUT2D eigenvalue weighted by molar-refractivity contribution is -0.184. The molecule has 2 heterocycles. The number of ether oxygens (including phenoxy) is 1. The van der Waals surface area contributed by atoms with Gasteiger partial charge < -0.3 is 9.64 Å². The quantitative estimate of drug-likeness (QED) is 0.583. The van der Waals surface area contributed by atoms with Gasteiger partial charge in [-0.1, -0.05) is 23.8 Å². The Labute approximate surface area is 197 Å². The SMILES string of the molecule is O=C(Nc1cccnn1)N1CCC(=Cc2cccc(OCC3CCC(C(F)(F)F)CC3)c2)CC1. The van der Waals surface area contributed by atoms with E-state index in [1.807, 2.05) is 24.3 Å². The Kier molecular flexibility index (Phi) is 7.70. The van der Waals surface area contributed by atoms with E-state index < -0.39 is 12.1 Å². The normalized spacial score (nSPS) is 21.1. The zero-order valence-corrected chi connectivity index (χ0v) is 18.9. The number of rotatable bonds is 5. The summed E-state index contributed by atoms with van der Waals surface area (Å²) in [5.41, 5.74) is 2.27. The van der Waals surface area contributed by atoms with Crippen molar-refractivity contribution in [2.75, 3.05) is 25.0 Å². The Bertz CT molecular complexity index is 979. The number of hydrogen-bond acceptors (Lipinski definition) is 4. The number of halogens is 3. The van der Waals surface area contributed by atoms with Gasteiger partial charge in [-0.25, -0.2) is 4.79 Å². The first kappa shape index (κ1) is 24.0. The van der Waals surface area contributed by atoms with Crippen LogP contribution in [0.5, 0.6) is 5.75 Å². The summed E-state index contributed by atoms with van der Waals surface area (Å²) in [4.78, 5) is 14.2. The van der Waals surface area contributed by atoms with Gasteiger partial charge in [0.25, 0.3) is 0 Å². The number of anilines is 1. The maximum atomic E-state index is 12.8. The summed E-state index contributed by atoms with van der Waals surface area (Å²) in [5, 5.41) is 10.4. The van der Waals surface area contributed by atoms with Gasteiger partial charge in [0.15, 0.2) is 5.82 Å². The van der Waals surface area contributed by atoms with Crippen molar-refractivity contribution in [3.8, 4) is 5.75 Å². The molecule has 1 aromatic carbocycles. The molecule has 0 atom stereocenters. The summed E-state index contributed by atoms with van der Waals surface area (Å²) >= 11 is 0. The lowest BCUT2D eigenvalue weighted by Gasteiger charge is -2.29. The van der Waals surface area contributed by atoms with Gasteiger partial charge in [0, 0.05) is 19.3 Å². The zero-order valence-electron chi connectivity index (χ0n) is 18.9. The van der Waals surface area contributed by atoms with Crippen LogP contribution in [0.15, 0.2) is 48.2 Å². The molecular formula is C25H29F3N4O2. The first-order chi connectivity index (χ1) is 16.4. The van der Waals surface area contributed by atoms with E-state index in [1.165, 1.54) is 5.57 Å². The molecule has 0 radical (unpaired) electrons. The second kappa shape index (κ2) is 10.9. The highest BCUT2D eigenvalue weighted by Crippen LogP contribution is 2.39. The lowest BCUT2D eigenvalue weighted by Crippen LogP contribution is -2.39. The first-order valence-electron chi connectivity index (χ1n) is 11.7. The molecule has 1 N–H and O–H groups in total. The number of likely N-dealkylation sites (tertiary alicyclic amines) is 1. The Morgan fingerprint density at radius 3 is 2.56 bits per heavy atom. The molecule has 2 aromatic rings. The van der Waals surface area contributed by atoms with Gasteiger partial charge in [0.2, 0.25) is 0 Å². The highest BCUT2D eigenvalue weighted by molar-refractivity contribution is 5.88. The van der Waals surface area contributed by atoms with Crippen LogP contribution < -0.4 is 10.1 Å². The molecule has 6 nitrogen and oxygen atoms in total. The van der Waals surface area contributed by atoms with Crippen molar-refractivity contribution in [3.05, 3.63) is 53.7 Å². The van der Waals surface area contributed by atoms with Crippen LogP contribution in [0.1, 0.15) is 44.1 Å². The minimum absolute atomic E-state index is 0.165. The van der Waals surface area contributed by atoms with Gasteiger partial charge in [-0.15, -0.1) is 5.10 Å². The maximum absolute atomic E-state index is 12.8. The third-order valence-electron chi connectivity index (χ3n) is 6.52. The molecule has 1 aromatic heterocycles. The number of nitrogens with one attached hydrogen (secondary N) is 1. The molecule has 0 bridgehead atoms. The molecule has 0 spiro atoms. The predicted octanol–water partition coefficient (Wildman–Crippen LogP) is 5.94. The Balaban J connectivity index is 1.24. The van der Waals surface area contributed by atoms with E-state index >= 15 is 0 Å². The van der Waals surface area contributed by atoms with Gasteiger partial charge in [-0.2, -0.15) is 18.3 Å². The van der Waals surface area contributed by atoms with Gasteiger partial charge in [-0.05, 0) is 74.3 Å². The number of urea groups is 1. The van der Waals surface area contributed by atoms with E-state index in [4.69, 9.17) is 4.74 Å². The highest BCUT2D eigenvalue weighted by atomic mass is 19.4. The number of aromatic nitrogens is 2. The van der Waals surface area contributed by atoms with E-state index in [0.29, 0.717) is 38.4 Å². The summed E-state index contributed by atoms with van der Waals surface area (Å²) in [6.07, 6.45) is 2.64. The third kappa shape index (κ3) is 6.71. The van der Waals surface area contributed by atoms with E-state index in [0.717, 1.165) is 24.2 Å².